The van der Waals surface area contributed by atoms with Gasteiger partial charge in [-0.05, 0) is 66.3 Å². The Labute approximate surface area is 128 Å². The Morgan fingerprint density at radius 1 is 1.43 bits per heavy atom. The molecule has 1 heterocycles. The van der Waals surface area contributed by atoms with Crippen molar-refractivity contribution in [1.29, 1.82) is 0 Å². The van der Waals surface area contributed by atoms with E-state index in [-0.39, 0.29) is 11.6 Å². The highest BCUT2D eigenvalue weighted by atomic mass is 16.3. The summed E-state index contributed by atoms with van der Waals surface area (Å²) in [6, 6.07) is 0.306. The third kappa shape index (κ3) is 4.30. The lowest BCUT2D eigenvalue weighted by molar-refractivity contribution is 0.0998. The van der Waals surface area contributed by atoms with E-state index in [1.54, 1.807) is 0 Å². The SMILES string of the molecule is Cc1nn(C(C)(C)C)cc1C(C)NCC1CCCC(O)C1. The number of nitrogens with one attached hydrogen (secondary N) is 1. The van der Waals surface area contributed by atoms with Crippen molar-refractivity contribution in [2.75, 3.05) is 6.54 Å². The van der Waals surface area contributed by atoms with Crippen molar-refractivity contribution in [1.82, 2.24) is 15.1 Å². The zero-order valence-electron chi connectivity index (χ0n) is 14.2. The maximum atomic E-state index is 9.76. The van der Waals surface area contributed by atoms with E-state index in [2.05, 4.69) is 55.9 Å². The minimum absolute atomic E-state index is 0.0240. The van der Waals surface area contributed by atoms with Crippen molar-refractivity contribution in [3.63, 3.8) is 0 Å². The highest BCUT2D eigenvalue weighted by Gasteiger charge is 2.22. The van der Waals surface area contributed by atoms with Crippen LogP contribution in [0.1, 0.15) is 70.7 Å². The number of rotatable bonds is 4. The van der Waals surface area contributed by atoms with Crippen molar-refractivity contribution >= 4 is 0 Å². The molecule has 2 rings (SSSR count). The molecule has 0 saturated heterocycles. The van der Waals surface area contributed by atoms with Crippen LogP contribution in [-0.2, 0) is 5.54 Å². The molecule has 4 heteroatoms. The van der Waals surface area contributed by atoms with Crippen molar-refractivity contribution in [2.24, 2.45) is 5.92 Å². The predicted molar refractivity (Wildman–Crippen MR) is 86.3 cm³/mol. The first-order valence-electron chi connectivity index (χ1n) is 8.25. The monoisotopic (exact) mass is 293 g/mol. The molecule has 0 spiro atoms. The van der Waals surface area contributed by atoms with Gasteiger partial charge in [0.1, 0.15) is 0 Å². The molecule has 3 atom stereocenters. The summed E-state index contributed by atoms with van der Waals surface area (Å²) in [4.78, 5) is 0. The Balaban J connectivity index is 1.94. The Kier molecular flexibility index (Phi) is 5.10. The van der Waals surface area contributed by atoms with Gasteiger partial charge < -0.3 is 10.4 Å². The lowest BCUT2D eigenvalue weighted by Crippen LogP contribution is -2.30. The van der Waals surface area contributed by atoms with Gasteiger partial charge in [0.05, 0.1) is 17.3 Å². The van der Waals surface area contributed by atoms with Gasteiger partial charge in [0.15, 0.2) is 0 Å². The van der Waals surface area contributed by atoms with Gasteiger partial charge in [0.2, 0.25) is 0 Å². The number of hydrogen-bond acceptors (Lipinski definition) is 3. The van der Waals surface area contributed by atoms with Gasteiger partial charge in [-0.15, -0.1) is 0 Å². The summed E-state index contributed by atoms with van der Waals surface area (Å²) in [6.07, 6.45) is 6.39. The van der Waals surface area contributed by atoms with Gasteiger partial charge in [-0.2, -0.15) is 5.10 Å². The fourth-order valence-corrected chi connectivity index (χ4v) is 3.14. The zero-order chi connectivity index (χ0) is 15.6. The molecule has 3 unspecified atom stereocenters. The Morgan fingerprint density at radius 3 is 2.71 bits per heavy atom. The Bertz CT molecular complexity index is 461. The quantitative estimate of drug-likeness (QED) is 0.896. The summed E-state index contributed by atoms with van der Waals surface area (Å²) in [7, 11) is 0. The molecule has 0 aliphatic heterocycles. The maximum Gasteiger partial charge on any atom is 0.0641 e. The largest absolute Gasteiger partial charge is 0.393 e. The second kappa shape index (κ2) is 6.49. The van der Waals surface area contributed by atoms with E-state index >= 15 is 0 Å². The second-order valence-corrected chi connectivity index (χ2v) is 7.60. The van der Waals surface area contributed by atoms with Crippen molar-refractivity contribution in [3.05, 3.63) is 17.5 Å². The van der Waals surface area contributed by atoms with Crippen LogP contribution < -0.4 is 5.32 Å². The summed E-state index contributed by atoms with van der Waals surface area (Å²) in [5, 5.41) is 18.0. The molecule has 0 bridgehead atoms. The summed E-state index contributed by atoms with van der Waals surface area (Å²) in [5.41, 5.74) is 2.41. The fourth-order valence-electron chi connectivity index (χ4n) is 3.14. The molecule has 1 saturated carbocycles. The summed E-state index contributed by atoms with van der Waals surface area (Å²) in [5.74, 6) is 0.606. The highest BCUT2D eigenvalue weighted by molar-refractivity contribution is 5.20. The molecule has 0 radical (unpaired) electrons. The van der Waals surface area contributed by atoms with Crippen LogP contribution in [0.2, 0.25) is 0 Å². The molecule has 1 fully saturated rings. The number of aryl methyl sites for hydroxylation is 1. The molecule has 1 aromatic heterocycles. The molecule has 2 N–H and O–H groups in total. The summed E-state index contributed by atoms with van der Waals surface area (Å²) >= 11 is 0. The molecule has 4 nitrogen and oxygen atoms in total. The van der Waals surface area contributed by atoms with E-state index in [0.717, 1.165) is 31.5 Å². The highest BCUT2D eigenvalue weighted by Crippen LogP contribution is 2.25. The van der Waals surface area contributed by atoms with Crippen molar-refractivity contribution < 1.29 is 5.11 Å². The summed E-state index contributed by atoms with van der Waals surface area (Å²) < 4.78 is 2.06. The van der Waals surface area contributed by atoms with Gasteiger partial charge in [0, 0.05) is 17.8 Å². The first-order chi connectivity index (χ1) is 9.77. The van der Waals surface area contributed by atoms with Crippen LogP contribution in [0.4, 0.5) is 0 Å². The van der Waals surface area contributed by atoms with Gasteiger partial charge >= 0.3 is 0 Å². The molecule has 0 amide bonds. The molecular weight excluding hydrogens is 262 g/mol. The normalized spacial score (nSPS) is 25.0. The van der Waals surface area contributed by atoms with Crippen molar-refractivity contribution in [3.8, 4) is 0 Å². The number of aliphatic hydroxyl groups excluding tert-OH is 1. The van der Waals surface area contributed by atoms with Crippen molar-refractivity contribution in [2.45, 2.75) is 78.0 Å². The van der Waals surface area contributed by atoms with E-state index in [1.165, 1.54) is 12.0 Å². The predicted octanol–water partition coefficient (Wildman–Crippen LogP) is 3.15. The van der Waals surface area contributed by atoms with Gasteiger partial charge in [-0.1, -0.05) is 6.42 Å². The molecule has 1 aliphatic rings. The lowest BCUT2D eigenvalue weighted by Gasteiger charge is -2.27. The van der Waals surface area contributed by atoms with Crippen LogP contribution in [-0.4, -0.2) is 27.5 Å². The molecular formula is C17H31N3O. The topological polar surface area (TPSA) is 50.1 Å². The number of nitrogens with zero attached hydrogens (tertiary/aromatic N) is 2. The van der Waals surface area contributed by atoms with E-state index in [0.29, 0.717) is 12.0 Å². The van der Waals surface area contributed by atoms with Gasteiger partial charge in [0.25, 0.3) is 0 Å². The van der Waals surface area contributed by atoms with Gasteiger partial charge in [-0.25, -0.2) is 0 Å². The van der Waals surface area contributed by atoms with E-state index in [1.807, 2.05) is 0 Å². The number of aliphatic hydroxyl groups is 1. The number of aromatic nitrogens is 2. The standard InChI is InChI=1S/C17H31N3O/c1-12(18-10-14-7-6-8-15(21)9-14)16-11-20(17(3,4)5)19-13(16)2/h11-12,14-15,18,21H,6-10H2,1-5H3. The first-order valence-corrected chi connectivity index (χ1v) is 8.25. The van der Waals surface area contributed by atoms with Crippen LogP contribution in [0.5, 0.6) is 0 Å². The Morgan fingerprint density at radius 2 is 2.14 bits per heavy atom. The molecule has 120 valence electrons. The molecule has 1 aromatic rings. The lowest BCUT2D eigenvalue weighted by atomic mass is 9.87. The van der Waals surface area contributed by atoms with E-state index in [4.69, 9.17) is 0 Å². The van der Waals surface area contributed by atoms with E-state index in [9.17, 15) is 5.11 Å². The Hall–Kier alpha value is -0.870. The number of hydrogen-bond donors (Lipinski definition) is 2. The third-order valence-electron chi connectivity index (χ3n) is 4.56. The van der Waals surface area contributed by atoms with Crippen LogP contribution in [0, 0.1) is 12.8 Å². The van der Waals surface area contributed by atoms with E-state index < -0.39 is 0 Å². The zero-order valence-corrected chi connectivity index (χ0v) is 14.2. The van der Waals surface area contributed by atoms with Crippen LogP contribution in [0.15, 0.2) is 6.20 Å². The molecule has 1 aliphatic carbocycles. The fraction of sp³-hybridized carbons (Fsp3) is 0.824. The average Bonchev–Trinajstić information content (AvgIpc) is 2.78. The first kappa shape index (κ1) is 16.5. The van der Waals surface area contributed by atoms with Crippen LogP contribution >= 0.6 is 0 Å². The summed E-state index contributed by atoms with van der Waals surface area (Å²) in [6.45, 7) is 11.8. The second-order valence-electron chi connectivity index (χ2n) is 7.60. The minimum atomic E-state index is -0.0915. The molecule has 0 aromatic carbocycles. The van der Waals surface area contributed by atoms with Crippen LogP contribution in [0.3, 0.4) is 0 Å². The van der Waals surface area contributed by atoms with Gasteiger partial charge in [-0.3, -0.25) is 4.68 Å². The van der Waals surface area contributed by atoms with Crippen LogP contribution in [0.25, 0.3) is 0 Å². The maximum absolute atomic E-state index is 9.76. The minimum Gasteiger partial charge on any atom is -0.393 e. The average molecular weight is 293 g/mol. The molecule has 21 heavy (non-hydrogen) atoms. The smallest absolute Gasteiger partial charge is 0.0641 e. The third-order valence-corrected chi connectivity index (χ3v) is 4.56.